The van der Waals surface area contributed by atoms with Gasteiger partial charge in [0.25, 0.3) is 0 Å². The monoisotopic (exact) mass is 327 g/mol. The molecule has 0 radical (unpaired) electrons. The van der Waals surface area contributed by atoms with Crippen molar-refractivity contribution in [3.05, 3.63) is 22.7 Å². The third kappa shape index (κ3) is 4.44. The zero-order chi connectivity index (χ0) is 13.9. The standard InChI is InChI=1S/C10H9BrF3NO3/c1-5(9(16)17)15-7-3-2-6(11)4-8(7)18-10(12,13)14/h2-5,15H,1H3,(H,16,17). The molecule has 0 saturated carbocycles. The molecule has 0 aliphatic carbocycles. The number of anilines is 1. The van der Waals surface area contributed by atoms with E-state index in [-0.39, 0.29) is 5.69 Å². The molecule has 1 rings (SSSR count). The fraction of sp³-hybridized carbons (Fsp3) is 0.300. The van der Waals surface area contributed by atoms with Gasteiger partial charge in [-0.3, -0.25) is 4.79 Å². The van der Waals surface area contributed by atoms with Gasteiger partial charge in [-0.05, 0) is 25.1 Å². The molecule has 0 fully saturated rings. The van der Waals surface area contributed by atoms with E-state index in [0.29, 0.717) is 4.47 Å². The van der Waals surface area contributed by atoms with Gasteiger partial charge in [0.1, 0.15) is 6.04 Å². The van der Waals surface area contributed by atoms with E-state index in [1.807, 2.05) is 0 Å². The first-order valence-electron chi connectivity index (χ1n) is 4.73. The molecular formula is C10H9BrF3NO3. The number of hydrogen-bond acceptors (Lipinski definition) is 3. The lowest BCUT2D eigenvalue weighted by Gasteiger charge is -2.17. The van der Waals surface area contributed by atoms with Crippen molar-refractivity contribution in [3.63, 3.8) is 0 Å². The Hall–Kier alpha value is -1.44. The Balaban J connectivity index is 3.00. The van der Waals surface area contributed by atoms with Crippen LogP contribution in [0, 0.1) is 0 Å². The van der Waals surface area contributed by atoms with E-state index < -0.39 is 24.1 Å². The average Bonchev–Trinajstić information content (AvgIpc) is 2.19. The minimum Gasteiger partial charge on any atom is -0.480 e. The molecule has 0 aliphatic heterocycles. The largest absolute Gasteiger partial charge is 0.573 e. The Kier molecular flexibility index (Phi) is 4.44. The summed E-state index contributed by atoms with van der Waals surface area (Å²) in [6.45, 7) is 1.31. The maximum absolute atomic E-state index is 12.2. The molecule has 0 amide bonds. The Labute approximate surface area is 109 Å². The molecule has 100 valence electrons. The normalized spacial score (nSPS) is 12.9. The lowest BCUT2D eigenvalue weighted by atomic mass is 10.2. The van der Waals surface area contributed by atoms with Crippen LogP contribution in [0.5, 0.6) is 5.75 Å². The summed E-state index contributed by atoms with van der Waals surface area (Å²) < 4.78 is 40.7. The van der Waals surface area contributed by atoms with Crippen molar-refractivity contribution < 1.29 is 27.8 Å². The van der Waals surface area contributed by atoms with Gasteiger partial charge in [-0.25, -0.2) is 0 Å². The number of alkyl halides is 3. The van der Waals surface area contributed by atoms with Crippen LogP contribution in [0.1, 0.15) is 6.92 Å². The number of carbonyl (C=O) groups is 1. The molecule has 0 aromatic heterocycles. The molecule has 0 spiro atoms. The molecule has 4 nitrogen and oxygen atoms in total. The van der Waals surface area contributed by atoms with E-state index in [2.05, 4.69) is 26.0 Å². The van der Waals surface area contributed by atoms with Crippen molar-refractivity contribution in [3.8, 4) is 5.75 Å². The molecule has 0 aliphatic rings. The van der Waals surface area contributed by atoms with E-state index in [0.717, 1.165) is 6.07 Å². The SMILES string of the molecule is CC(Nc1ccc(Br)cc1OC(F)(F)F)C(=O)O. The van der Waals surface area contributed by atoms with Gasteiger partial charge < -0.3 is 15.2 Å². The number of halogens is 4. The summed E-state index contributed by atoms with van der Waals surface area (Å²) in [7, 11) is 0. The summed E-state index contributed by atoms with van der Waals surface area (Å²) in [6.07, 6.45) is -4.84. The van der Waals surface area contributed by atoms with E-state index in [4.69, 9.17) is 5.11 Å². The van der Waals surface area contributed by atoms with E-state index in [9.17, 15) is 18.0 Å². The molecule has 8 heteroatoms. The van der Waals surface area contributed by atoms with Gasteiger partial charge in [0.05, 0.1) is 5.69 Å². The third-order valence-corrected chi connectivity index (χ3v) is 2.41. The second-order valence-corrected chi connectivity index (χ2v) is 4.31. The Bertz CT molecular complexity index is 450. The van der Waals surface area contributed by atoms with Crippen molar-refractivity contribution >= 4 is 27.6 Å². The zero-order valence-corrected chi connectivity index (χ0v) is 10.7. The van der Waals surface area contributed by atoms with Crippen LogP contribution < -0.4 is 10.1 Å². The summed E-state index contributed by atoms with van der Waals surface area (Å²) in [5.41, 5.74) is -0.0505. The first kappa shape index (κ1) is 14.6. The molecule has 0 bridgehead atoms. The molecule has 18 heavy (non-hydrogen) atoms. The topological polar surface area (TPSA) is 58.6 Å². The molecule has 1 aromatic rings. The minimum atomic E-state index is -4.84. The predicted molar refractivity (Wildman–Crippen MR) is 61.5 cm³/mol. The van der Waals surface area contributed by atoms with Crippen molar-refractivity contribution in [2.75, 3.05) is 5.32 Å². The number of aliphatic carboxylic acids is 1. The highest BCUT2D eigenvalue weighted by molar-refractivity contribution is 9.10. The molecule has 0 heterocycles. The first-order valence-corrected chi connectivity index (χ1v) is 5.53. The van der Waals surface area contributed by atoms with Gasteiger partial charge in [-0.15, -0.1) is 13.2 Å². The smallest absolute Gasteiger partial charge is 0.480 e. The number of carboxylic acids is 1. The zero-order valence-electron chi connectivity index (χ0n) is 9.08. The predicted octanol–water partition coefficient (Wildman–Crippen LogP) is 3.23. The van der Waals surface area contributed by atoms with Gasteiger partial charge in [0.15, 0.2) is 5.75 Å². The van der Waals surface area contributed by atoms with E-state index in [1.54, 1.807) is 0 Å². The number of hydrogen-bond donors (Lipinski definition) is 2. The minimum absolute atomic E-state index is 0.0505. The van der Waals surface area contributed by atoms with Crippen molar-refractivity contribution in [1.82, 2.24) is 0 Å². The summed E-state index contributed by atoms with van der Waals surface area (Å²) in [6, 6.07) is 2.83. The third-order valence-electron chi connectivity index (χ3n) is 1.91. The fourth-order valence-electron chi connectivity index (χ4n) is 1.12. The van der Waals surface area contributed by atoms with Gasteiger partial charge in [0, 0.05) is 4.47 Å². The Morgan fingerprint density at radius 3 is 2.61 bits per heavy atom. The van der Waals surface area contributed by atoms with Crippen LogP contribution in [0.3, 0.4) is 0 Å². The number of nitrogens with one attached hydrogen (secondary N) is 1. The molecule has 2 N–H and O–H groups in total. The first-order chi connectivity index (χ1) is 8.19. The van der Waals surface area contributed by atoms with Gasteiger partial charge in [-0.2, -0.15) is 0 Å². The quantitative estimate of drug-likeness (QED) is 0.891. The van der Waals surface area contributed by atoms with E-state index in [1.165, 1.54) is 19.1 Å². The van der Waals surface area contributed by atoms with E-state index >= 15 is 0 Å². The van der Waals surface area contributed by atoms with Crippen molar-refractivity contribution in [1.29, 1.82) is 0 Å². The average molecular weight is 328 g/mol. The lowest BCUT2D eigenvalue weighted by molar-refractivity contribution is -0.274. The van der Waals surface area contributed by atoms with Crippen LogP contribution in [-0.4, -0.2) is 23.5 Å². The highest BCUT2D eigenvalue weighted by atomic mass is 79.9. The maximum atomic E-state index is 12.2. The van der Waals surface area contributed by atoms with Gasteiger partial charge in [0.2, 0.25) is 0 Å². The number of benzene rings is 1. The Morgan fingerprint density at radius 2 is 2.11 bits per heavy atom. The lowest BCUT2D eigenvalue weighted by Crippen LogP contribution is -2.26. The summed E-state index contributed by atoms with van der Waals surface area (Å²) in [4.78, 5) is 10.6. The van der Waals surface area contributed by atoms with Crippen LogP contribution in [-0.2, 0) is 4.79 Å². The highest BCUT2D eigenvalue weighted by Gasteiger charge is 2.32. The summed E-state index contributed by atoms with van der Waals surface area (Å²) in [5.74, 6) is -1.68. The molecule has 0 saturated heterocycles. The molecule has 1 atom stereocenters. The van der Waals surface area contributed by atoms with Gasteiger partial charge >= 0.3 is 12.3 Å². The molecule has 1 unspecified atom stereocenters. The number of ether oxygens (including phenoxy) is 1. The van der Waals surface area contributed by atoms with Crippen LogP contribution in [0.4, 0.5) is 18.9 Å². The fourth-order valence-corrected chi connectivity index (χ4v) is 1.46. The van der Waals surface area contributed by atoms with Crippen molar-refractivity contribution in [2.45, 2.75) is 19.3 Å². The number of rotatable bonds is 4. The van der Waals surface area contributed by atoms with Crippen LogP contribution in [0.2, 0.25) is 0 Å². The summed E-state index contributed by atoms with van der Waals surface area (Å²) >= 11 is 3.01. The van der Waals surface area contributed by atoms with Crippen molar-refractivity contribution in [2.24, 2.45) is 0 Å². The van der Waals surface area contributed by atoms with Crippen LogP contribution in [0.15, 0.2) is 22.7 Å². The number of carboxylic acid groups (broad SMARTS) is 1. The van der Waals surface area contributed by atoms with Crippen LogP contribution in [0.25, 0.3) is 0 Å². The maximum Gasteiger partial charge on any atom is 0.573 e. The summed E-state index contributed by atoms with van der Waals surface area (Å²) in [5, 5.41) is 11.1. The Morgan fingerprint density at radius 1 is 1.50 bits per heavy atom. The molecule has 1 aromatic carbocycles. The van der Waals surface area contributed by atoms with Gasteiger partial charge in [-0.1, -0.05) is 15.9 Å². The molecular weight excluding hydrogens is 319 g/mol. The van der Waals surface area contributed by atoms with Crippen LogP contribution >= 0.6 is 15.9 Å². The second-order valence-electron chi connectivity index (χ2n) is 3.39. The highest BCUT2D eigenvalue weighted by Crippen LogP contribution is 2.33. The second kappa shape index (κ2) is 5.47.